The Bertz CT molecular complexity index is 494. The predicted octanol–water partition coefficient (Wildman–Crippen LogP) is 3.86. The van der Waals surface area contributed by atoms with E-state index in [1.807, 2.05) is 0 Å². The van der Waals surface area contributed by atoms with Crippen LogP contribution in [0, 0.1) is 5.92 Å². The van der Waals surface area contributed by atoms with Gasteiger partial charge in [-0.2, -0.15) is 0 Å². The molecule has 3 atom stereocenters. The van der Waals surface area contributed by atoms with Crippen LogP contribution in [0.2, 0.25) is 0 Å². The molecule has 2 N–H and O–H groups in total. The van der Waals surface area contributed by atoms with Gasteiger partial charge in [0.25, 0.3) is 0 Å². The molecule has 2 aliphatic rings. The highest BCUT2D eigenvalue weighted by Gasteiger charge is 2.37. The molecule has 1 aromatic carbocycles. The summed E-state index contributed by atoms with van der Waals surface area (Å²) in [6.45, 7) is 9.41. The van der Waals surface area contributed by atoms with Gasteiger partial charge in [-0.3, -0.25) is 4.90 Å². The number of likely N-dealkylation sites (tertiary alicyclic amines) is 1. The predicted molar refractivity (Wildman–Crippen MR) is 89.4 cm³/mol. The van der Waals surface area contributed by atoms with E-state index in [-0.39, 0.29) is 0 Å². The van der Waals surface area contributed by atoms with Gasteiger partial charge in [-0.05, 0) is 41.7 Å². The van der Waals surface area contributed by atoms with Gasteiger partial charge in [0, 0.05) is 25.2 Å². The minimum atomic E-state index is 0.323. The molecule has 1 heterocycles. The highest BCUT2D eigenvalue weighted by Crippen LogP contribution is 2.44. The number of fused-ring (bicyclic) bond motifs is 1. The summed E-state index contributed by atoms with van der Waals surface area (Å²) < 4.78 is 0. The first-order valence-corrected chi connectivity index (χ1v) is 8.62. The van der Waals surface area contributed by atoms with Gasteiger partial charge in [-0.25, -0.2) is 0 Å². The molecule has 0 bridgehead atoms. The lowest BCUT2D eigenvalue weighted by Crippen LogP contribution is -2.49. The highest BCUT2D eigenvalue weighted by atomic mass is 15.2. The third-order valence-electron chi connectivity index (χ3n) is 5.88. The lowest BCUT2D eigenvalue weighted by Gasteiger charge is -2.46. The Balaban J connectivity index is 1.87. The maximum atomic E-state index is 6.29. The second kappa shape index (κ2) is 5.73. The van der Waals surface area contributed by atoms with Crippen LogP contribution in [0.1, 0.15) is 63.6 Å². The highest BCUT2D eigenvalue weighted by molar-refractivity contribution is 5.38. The van der Waals surface area contributed by atoms with Crippen LogP contribution in [0.5, 0.6) is 0 Å². The Kier molecular flexibility index (Phi) is 4.11. The standard InChI is InChI=1S/C19H30N2/c1-4-14-13-21(12-10-17(14)20)18-9-11-19(2,3)16-8-6-5-7-15(16)18/h5-8,14,17-18H,4,9-13,20H2,1-3H3. The van der Waals surface area contributed by atoms with Crippen LogP contribution in [0.4, 0.5) is 0 Å². The molecule has 3 unspecified atom stereocenters. The number of hydrogen-bond acceptors (Lipinski definition) is 2. The fourth-order valence-electron chi connectivity index (χ4n) is 4.36. The Hall–Kier alpha value is -0.860. The van der Waals surface area contributed by atoms with Crippen LogP contribution in [-0.4, -0.2) is 24.0 Å². The van der Waals surface area contributed by atoms with Crippen molar-refractivity contribution in [2.75, 3.05) is 13.1 Å². The van der Waals surface area contributed by atoms with E-state index in [1.54, 1.807) is 11.1 Å². The monoisotopic (exact) mass is 286 g/mol. The van der Waals surface area contributed by atoms with Crippen molar-refractivity contribution < 1.29 is 0 Å². The topological polar surface area (TPSA) is 29.3 Å². The quantitative estimate of drug-likeness (QED) is 0.894. The Morgan fingerprint density at radius 3 is 2.76 bits per heavy atom. The summed E-state index contributed by atoms with van der Waals surface area (Å²) in [6, 6.07) is 10.1. The number of rotatable bonds is 2. The van der Waals surface area contributed by atoms with Gasteiger partial charge in [-0.15, -0.1) is 0 Å². The van der Waals surface area contributed by atoms with E-state index >= 15 is 0 Å². The smallest absolute Gasteiger partial charge is 0.0351 e. The summed E-state index contributed by atoms with van der Waals surface area (Å²) in [5, 5.41) is 0. The summed E-state index contributed by atoms with van der Waals surface area (Å²) in [5.74, 6) is 0.667. The van der Waals surface area contributed by atoms with Gasteiger partial charge in [-0.1, -0.05) is 51.5 Å². The maximum absolute atomic E-state index is 6.29. The molecule has 0 spiro atoms. The van der Waals surface area contributed by atoms with Crippen molar-refractivity contribution in [3.8, 4) is 0 Å². The molecule has 3 rings (SSSR count). The Labute approximate surface area is 129 Å². The van der Waals surface area contributed by atoms with E-state index in [1.165, 1.54) is 25.8 Å². The third-order valence-corrected chi connectivity index (χ3v) is 5.88. The largest absolute Gasteiger partial charge is 0.327 e. The fraction of sp³-hybridized carbons (Fsp3) is 0.684. The molecule has 0 amide bonds. The van der Waals surface area contributed by atoms with Crippen LogP contribution in [0.15, 0.2) is 24.3 Å². The first-order chi connectivity index (χ1) is 10.0. The zero-order valence-corrected chi connectivity index (χ0v) is 13.8. The van der Waals surface area contributed by atoms with Crippen LogP contribution in [0.3, 0.4) is 0 Å². The zero-order valence-electron chi connectivity index (χ0n) is 13.8. The van der Waals surface area contributed by atoms with Gasteiger partial charge in [0.15, 0.2) is 0 Å². The maximum Gasteiger partial charge on any atom is 0.0351 e. The van der Waals surface area contributed by atoms with Crippen molar-refractivity contribution in [2.24, 2.45) is 11.7 Å². The number of piperidine rings is 1. The summed E-state index contributed by atoms with van der Waals surface area (Å²) in [4.78, 5) is 2.71. The van der Waals surface area contributed by atoms with Crippen molar-refractivity contribution in [2.45, 2.75) is 64.0 Å². The van der Waals surface area contributed by atoms with Crippen molar-refractivity contribution in [3.63, 3.8) is 0 Å². The summed E-state index contributed by atoms with van der Waals surface area (Å²) in [6.07, 6.45) is 4.93. The molecule has 2 nitrogen and oxygen atoms in total. The van der Waals surface area contributed by atoms with Crippen molar-refractivity contribution >= 4 is 0 Å². The molecule has 1 aliphatic heterocycles. The van der Waals surface area contributed by atoms with E-state index in [4.69, 9.17) is 5.73 Å². The van der Waals surface area contributed by atoms with Crippen LogP contribution < -0.4 is 5.73 Å². The number of nitrogens with two attached hydrogens (primary N) is 1. The second-order valence-electron chi connectivity index (χ2n) is 7.64. The molecule has 1 aliphatic carbocycles. The van der Waals surface area contributed by atoms with E-state index in [9.17, 15) is 0 Å². The molecule has 116 valence electrons. The lowest BCUT2D eigenvalue weighted by atomic mass is 9.70. The molecule has 0 aromatic heterocycles. The van der Waals surface area contributed by atoms with Crippen molar-refractivity contribution in [1.82, 2.24) is 4.90 Å². The molecule has 0 radical (unpaired) electrons. The summed E-state index contributed by atoms with van der Waals surface area (Å²) in [7, 11) is 0. The van der Waals surface area contributed by atoms with Gasteiger partial charge < -0.3 is 5.73 Å². The Morgan fingerprint density at radius 2 is 2.00 bits per heavy atom. The third kappa shape index (κ3) is 2.76. The summed E-state index contributed by atoms with van der Waals surface area (Å²) >= 11 is 0. The van der Waals surface area contributed by atoms with Gasteiger partial charge in [0.1, 0.15) is 0 Å². The molecule has 1 fully saturated rings. The van der Waals surface area contributed by atoms with E-state index in [0.717, 1.165) is 13.0 Å². The van der Waals surface area contributed by atoms with Gasteiger partial charge >= 0.3 is 0 Å². The van der Waals surface area contributed by atoms with Crippen molar-refractivity contribution in [1.29, 1.82) is 0 Å². The molecule has 21 heavy (non-hydrogen) atoms. The van der Waals surface area contributed by atoms with E-state index in [0.29, 0.717) is 23.4 Å². The number of hydrogen-bond donors (Lipinski definition) is 1. The summed E-state index contributed by atoms with van der Waals surface area (Å²) in [5.41, 5.74) is 9.74. The Morgan fingerprint density at radius 1 is 1.24 bits per heavy atom. The second-order valence-corrected chi connectivity index (χ2v) is 7.64. The van der Waals surface area contributed by atoms with Gasteiger partial charge in [0.05, 0.1) is 0 Å². The minimum absolute atomic E-state index is 0.323. The fourth-order valence-corrected chi connectivity index (χ4v) is 4.36. The molecule has 1 aromatic rings. The zero-order chi connectivity index (χ0) is 15.0. The van der Waals surface area contributed by atoms with E-state index in [2.05, 4.69) is 49.9 Å². The first kappa shape index (κ1) is 15.1. The SMILES string of the molecule is CCC1CN(C2CCC(C)(C)c3ccccc32)CCC1N. The van der Waals surface area contributed by atoms with Gasteiger partial charge in [0.2, 0.25) is 0 Å². The molecule has 0 saturated carbocycles. The lowest BCUT2D eigenvalue weighted by molar-refractivity contribution is 0.0901. The molecular weight excluding hydrogens is 256 g/mol. The van der Waals surface area contributed by atoms with Crippen LogP contribution in [-0.2, 0) is 5.41 Å². The first-order valence-electron chi connectivity index (χ1n) is 8.62. The molecular formula is C19H30N2. The van der Waals surface area contributed by atoms with Crippen molar-refractivity contribution in [3.05, 3.63) is 35.4 Å². The number of benzene rings is 1. The molecule has 1 saturated heterocycles. The minimum Gasteiger partial charge on any atom is -0.327 e. The van der Waals surface area contributed by atoms with Crippen LogP contribution in [0.25, 0.3) is 0 Å². The molecule has 2 heteroatoms. The average Bonchev–Trinajstić information content (AvgIpc) is 2.48. The van der Waals surface area contributed by atoms with E-state index < -0.39 is 0 Å². The average molecular weight is 286 g/mol. The number of nitrogens with zero attached hydrogens (tertiary/aromatic N) is 1. The van der Waals surface area contributed by atoms with Crippen LogP contribution >= 0.6 is 0 Å². The normalized spacial score (nSPS) is 32.7.